The fourth-order valence-electron chi connectivity index (χ4n) is 5.69. The van der Waals surface area contributed by atoms with Crippen LogP contribution in [0.25, 0.3) is 0 Å². The van der Waals surface area contributed by atoms with E-state index in [4.69, 9.17) is 15.6 Å². The Morgan fingerprint density at radius 3 is 2.64 bits per heavy atom. The summed E-state index contributed by atoms with van der Waals surface area (Å²) < 4.78 is 5.70. The van der Waals surface area contributed by atoms with Crippen molar-refractivity contribution in [3.63, 3.8) is 0 Å². The van der Waals surface area contributed by atoms with Crippen LogP contribution in [0.5, 0.6) is 0 Å². The number of aromatic nitrogens is 2. The molecular weight excluding hydrogens is 558 g/mol. The smallest absolute Gasteiger partial charge is 0.291 e. The Bertz CT molecular complexity index is 1150. The average Bonchev–Trinajstić information content (AvgIpc) is 2.99. The molecule has 3 rings (SSSR count). The van der Waals surface area contributed by atoms with E-state index in [1.165, 1.54) is 0 Å². The van der Waals surface area contributed by atoms with Crippen LogP contribution in [0.2, 0.25) is 0 Å². The predicted octanol–water partition coefficient (Wildman–Crippen LogP) is 1.90. The standard InChI is InChI=1S/C29H49N7O5S/c1-4-21-19-35(27-29(40)32-25(26(30)33-27)28(39)31-9-6-14-37)12-13-36(21)22-7-10-34(11-8-22)18-20(3)17-24(23(38)5-2)41-15-16-42/h17,21-22,37-38,42H,4-16,18-19H2,1-3H3,(H2,30,33)(H,31,39)(H,32,40)/b20-17+,24-23-. The summed E-state index contributed by atoms with van der Waals surface area (Å²) in [5.41, 5.74) is 6.73. The van der Waals surface area contributed by atoms with E-state index < -0.39 is 11.5 Å². The number of aromatic amines is 1. The molecule has 2 aliphatic rings. The monoisotopic (exact) mass is 607 g/mol. The van der Waals surface area contributed by atoms with Crippen LogP contribution in [0, 0.1) is 0 Å². The Morgan fingerprint density at radius 1 is 1.26 bits per heavy atom. The van der Waals surface area contributed by atoms with Gasteiger partial charge in [-0.2, -0.15) is 12.6 Å². The van der Waals surface area contributed by atoms with Crippen molar-refractivity contribution < 1.29 is 19.7 Å². The normalized spacial score (nSPS) is 20.0. The summed E-state index contributed by atoms with van der Waals surface area (Å²) in [7, 11) is 0. The molecule has 236 valence electrons. The van der Waals surface area contributed by atoms with Crippen LogP contribution in [0.4, 0.5) is 11.6 Å². The van der Waals surface area contributed by atoms with Crippen molar-refractivity contribution in [3.8, 4) is 0 Å². The quantitative estimate of drug-likeness (QED) is 0.0798. The van der Waals surface area contributed by atoms with Gasteiger partial charge in [0.1, 0.15) is 11.5 Å². The number of anilines is 2. The zero-order chi connectivity index (χ0) is 30.6. The first-order valence-electron chi connectivity index (χ1n) is 15.1. The van der Waals surface area contributed by atoms with Gasteiger partial charge >= 0.3 is 0 Å². The average molecular weight is 608 g/mol. The van der Waals surface area contributed by atoms with Crippen LogP contribution in [0.1, 0.15) is 63.4 Å². The number of allylic oxidation sites excluding steroid dienone is 2. The first kappa shape index (κ1) is 33.8. The summed E-state index contributed by atoms with van der Waals surface area (Å²) >= 11 is 4.20. The molecule has 1 unspecified atom stereocenters. The van der Waals surface area contributed by atoms with Crippen LogP contribution >= 0.6 is 12.6 Å². The number of piperidine rings is 1. The molecule has 0 aromatic carbocycles. The molecule has 0 saturated carbocycles. The molecule has 1 amide bonds. The van der Waals surface area contributed by atoms with E-state index in [2.05, 4.69) is 51.6 Å². The molecule has 0 aliphatic carbocycles. The molecule has 2 aliphatic heterocycles. The zero-order valence-electron chi connectivity index (χ0n) is 25.3. The molecular formula is C29H49N7O5S. The fourth-order valence-corrected chi connectivity index (χ4v) is 5.78. The highest BCUT2D eigenvalue weighted by Gasteiger charge is 2.34. The highest BCUT2D eigenvalue weighted by atomic mass is 32.1. The van der Waals surface area contributed by atoms with Crippen molar-refractivity contribution in [2.45, 2.75) is 65.0 Å². The second kappa shape index (κ2) is 16.8. The molecule has 2 fully saturated rings. The number of amides is 1. The molecule has 13 heteroatoms. The van der Waals surface area contributed by atoms with Crippen LogP contribution in [0.15, 0.2) is 28.0 Å². The van der Waals surface area contributed by atoms with Gasteiger partial charge in [-0.1, -0.05) is 19.4 Å². The summed E-state index contributed by atoms with van der Waals surface area (Å²) in [6, 6.07) is 0.742. The van der Waals surface area contributed by atoms with Crippen LogP contribution in [0.3, 0.4) is 0 Å². The molecule has 2 saturated heterocycles. The van der Waals surface area contributed by atoms with Gasteiger partial charge in [0, 0.05) is 63.6 Å². The number of hydrogen-bond donors (Lipinski definition) is 6. The third-order valence-electron chi connectivity index (χ3n) is 7.92. The van der Waals surface area contributed by atoms with Crippen molar-refractivity contribution >= 4 is 30.2 Å². The van der Waals surface area contributed by atoms with E-state index in [0.29, 0.717) is 50.1 Å². The first-order valence-corrected chi connectivity index (χ1v) is 15.7. The number of carbonyl (C=O) groups is 1. The Balaban J connectivity index is 1.58. The lowest BCUT2D eigenvalue weighted by Crippen LogP contribution is -2.59. The lowest BCUT2D eigenvalue weighted by Gasteiger charge is -2.47. The van der Waals surface area contributed by atoms with Crippen molar-refractivity contribution in [1.82, 2.24) is 25.1 Å². The number of nitrogens with two attached hydrogens (primary N) is 1. The Hall–Kier alpha value is -2.74. The molecule has 0 spiro atoms. The number of nitrogen functional groups attached to an aromatic ring is 1. The number of aliphatic hydroxyl groups is 2. The second-order valence-electron chi connectivity index (χ2n) is 11.0. The first-order chi connectivity index (χ1) is 20.2. The minimum Gasteiger partial charge on any atom is -0.508 e. The van der Waals surface area contributed by atoms with Gasteiger partial charge < -0.3 is 35.9 Å². The van der Waals surface area contributed by atoms with Gasteiger partial charge in [0.2, 0.25) is 0 Å². The lowest BCUT2D eigenvalue weighted by molar-refractivity contribution is 0.0656. The van der Waals surface area contributed by atoms with E-state index in [9.17, 15) is 14.7 Å². The molecule has 1 atom stereocenters. The largest absolute Gasteiger partial charge is 0.508 e. The summed E-state index contributed by atoms with van der Waals surface area (Å²) in [5.74, 6) is 1.11. The van der Waals surface area contributed by atoms with Crippen LogP contribution < -0.4 is 21.5 Å². The molecule has 0 radical (unpaired) electrons. The van der Waals surface area contributed by atoms with Crippen molar-refractivity contribution in [1.29, 1.82) is 0 Å². The minimum atomic E-state index is -0.511. The van der Waals surface area contributed by atoms with Crippen LogP contribution in [-0.4, -0.2) is 113 Å². The maximum absolute atomic E-state index is 12.9. The van der Waals surface area contributed by atoms with Gasteiger partial charge in [-0.25, -0.2) is 4.98 Å². The van der Waals surface area contributed by atoms with Gasteiger partial charge in [0.15, 0.2) is 17.4 Å². The van der Waals surface area contributed by atoms with Crippen molar-refractivity contribution in [2.75, 3.05) is 75.4 Å². The summed E-state index contributed by atoms with van der Waals surface area (Å²) in [4.78, 5) is 39.2. The molecule has 6 N–H and O–H groups in total. The van der Waals surface area contributed by atoms with Gasteiger partial charge in [0.25, 0.3) is 11.5 Å². The van der Waals surface area contributed by atoms with Crippen LogP contribution in [-0.2, 0) is 4.74 Å². The highest BCUT2D eigenvalue weighted by molar-refractivity contribution is 7.80. The van der Waals surface area contributed by atoms with E-state index in [1.807, 2.05) is 17.9 Å². The molecule has 3 heterocycles. The summed E-state index contributed by atoms with van der Waals surface area (Å²) in [6.45, 7) is 11.8. The Kier molecular flexibility index (Phi) is 13.5. The molecule has 1 aromatic rings. The number of nitrogens with one attached hydrogen (secondary N) is 2. The molecule has 42 heavy (non-hydrogen) atoms. The Labute approximate surface area is 254 Å². The number of hydrogen-bond acceptors (Lipinski definition) is 11. The predicted molar refractivity (Wildman–Crippen MR) is 169 cm³/mol. The van der Waals surface area contributed by atoms with E-state index >= 15 is 0 Å². The third kappa shape index (κ3) is 9.13. The number of ether oxygens (including phenoxy) is 1. The lowest BCUT2D eigenvalue weighted by atomic mass is 9.98. The number of rotatable bonds is 14. The second-order valence-corrected chi connectivity index (χ2v) is 11.4. The number of nitrogens with zero attached hydrogens (tertiary/aromatic N) is 4. The number of likely N-dealkylation sites (tertiary alicyclic amines) is 1. The fraction of sp³-hybridized carbons (Fsp3) is 0.690. The van der Waals surface area contributed by atoms with Gasteiger partial charge in [-0.15, -0.1) is 0 Å². The number of H-pyrrole nitrogens is 1. The van der Waals surface area contributed by atoms with Gasteiger partial charge in [0.05, 0.1) is 6.61 Å². The molecule has 1 aromatic heterocycles. The maximum atomic E-state index is 12.9. The van der Waals surface area contributed by atoms with E-state index in [-0.39, 0.29) is 42.3 Å². The molecule has 12 nitrogen and oxygen atoms in total. The third-order valence-corrected chi connectivity index (χ3v) is 8.10. The van der Waals surface area contributed by atoms with Gasteiger partial charge in [-0.05, 0) is 51.8 Å². The van der Waals surface area contributed by atoms with E-state index in [1.54, 1.807) is 0 Å². The SMILES string of the molecule is CC/C(O)=C(\C=C(/C)CN1CCC(N2CCN(c3nc(N)c(C(=O)NCCCO)[nH]c3=O)CC2CC)CC1)OCCS. The number of thiol groups is 1. The topological polar surface area (TPSA) is 160 Å². The maximum Gasteiger partial charge on any atom is 0.291 e. The molecule has 0 bridgehead atoms. The van der Waals surface area contributed by atoms with Gasteiger partial charge in [-0.3, -0.25) is 19.4 Å². The highest BCUT2D eigenvalue weighted by Crippen LogP contribution is 2.25. The number of piperazine rings is 1. The minimum absolute atomic E-state index is 0.0147. The number of aliphatic hydroxyl groups excluding tert-OH is 2. The number of carbonyl (C=O) groups excluding carboxylic acids is 1. The van der Waals surface area contributed by atoms with Crippen molar-refractivity contribution in [2.24, 2.45) is 0 Å². The summed E-state index contributed by atoms with van der Waals surface area (Å²) in [6.07, 6.45) is 5.95. The summed E-state index contributed by atoms with van der Waals surface area (Å²) in [5, 5.41) is 21.8. The van der Waals surface area contributed by atoms with E-state index in [0.717, 1.165) is 51.0 Å². The van der Waals surface area contributed by atoms with Crippen molar-refractivity contribution in [3.05, 3.63) is 39.2 Å². The zero-order valence-corrected chi connectivity index (χ0v) is 26.2. The Morgan fingerprint density at radius 2 is 2.00 bits per heavy atom.